The van der Waals surface area contributed by atoms with Gasteiger partial charge >= 0.3 is 0 Å². The zero-order valence-corrected chi connectivity index (χ0v) is 13.5. The smallest absolute Gasteiger partial charge is 0.271 e. The van der Waals surface area contributed by atoms with Gasteiger partial charge in [0.2, 0.25) is 6.79 Å². The van der Waals surface area contributed by atoms with Crippen molar-refractivity contribution in [2.24, 2.45) is 5.10 Å². The molecule has 2 aromatic carbocycles. The minimum absolute atomic E-state index is 0.186. The Morgan fingerprint density at radius 3 is 2.67 bits per heavy atom. The average molecular weight is 326 g/mol. The maximum atomic E-state index is 12.0. The summed E-state index contributed by atoms with van der Waals surface area (Å²) in [5, 5.41) is 4.01. The quantitative estimate of drug-likeness (QED) is 0.677. The van der Waals surface area contributed by atoms with Gasteiger partial charge in [0.1, 0.15) is 5.75 Å². The van der Waals surface area contributed by atoms with Crippen LogP contribution in [0.4, 0.5) is 0 Å². The summed E-state index contributed by atoms with van der Waals surface area (Å²) in [6.07, 6.45) is 1.53. The van der Waals surface area contributed by atoms with Crippen molar-refractivity contribution in [3.05, 3.63) is 53.1 Å². The van der Waals surface area contributed by atoms with E-state index in [-0.39, 0.29) is 12.7 Å². The molecule has 124 valence electrons. The fourth-order valence-electron chi connectivity index (χ4n) is 2.25. The highest BCUT2D eigenvalue weighted by Crippen LogP contribution is 2.37. The normalized spacial score (nSPS) is 12.4. The second kappa shape index (κ2) is 7.04. The molecule has 1 heterocycles. The first kappa shape index (κ1) is 15.9. The molecule has 24 heavy (non-hydrogen) atoms. The molecule has 0 atom stereocenters. The molecule has 0 saturated heterocycles. The van der Waals surface area contributed by atoms with Gasteiger partial charge in [0.05, 0.1) is 12.8 Å². The van der Waals surface area contributed by atoms with Crippen molar-refractivity contribution >= 4 is 12.1 Å². The van der Waals surface area contributed by atoms with E-state index >= 15 is 0 Å². The number of rotatable bonds is 5. The van der Waals surface area contributed by atoms with E-state index in [2.05, 4.69) is 10.5 Å². The van der Waals surface area contributed by atoms with Gasteiger partial charge in [-0.05, 0) is 32.0 Å². The Hall–Kier alpha value is -3.02. The SMILES string of the molecule is CCOc1cc2c(cc1/C=N/NC(=O)c1ccc(C)cc1)OCO2. The Labute approximate surface area is 140 Å². The molecule has 1 N–H and O–H groups in total. The van der Waals surface area contributed by atoms with Gasteiger partial charge < -0.3 is 14.2 Å². The largest absolute Gasteiger partial charge is 0.493 e. The number of hydrogen-bond donors (Lipinski definition) is 1. The van der Waals surface area contributed by atoms with Crippen LogP contribution in [0, 0.1) is 6.92 Å². The van der Waals surface area contributed by atoms with Crippen LogP contribution in [-0.4, -0.2) is 25.5 Å². The van der Waals surface area contributed by atoms with Crippen LogP contribution in [0.2, 0.25) is 0 Å². The summed E-state index contributed by atoms with van der Waals surface area (Å²) in [6.45, 7) is 4.56. The van der Waals surface area contributed by atoms with Gasteiger partial charge in [0.15, 0.2) is 11.5 Å². The molecular weight excluding hydrogens is 308 g/mol. The lowest BCUT2D eigenvalue weighted by Gasteiger charge is -2.08. The molecule has 3 rings (SSSR count). The average Bonchev–Trinajstić information content (AvgIpc) is 3.03. The van der Waals surface area contributed by atoms with Crippen molar-refractivity contribution in [3.63, 3.8) is 0 Å². The molecule has 0 saturated carbocycles. The first-order chi connectivity index (χ1) is 11.7. The summed E-state index contributed by atoms with van der Waals surface area (Å²) in [7, 11) is 0. The number of benzene rings is 2. The number of carbonyl (C=O) groups excluding carboxylic acids is 1. The minimum atomic E-state index is -0.273. The summed E-state index contributed by atoms with van der Waals surface area (Å²) >= 11 is 0. The number of amides is 1. The van der Waals surface area contributed by atoms with Crippen LogP contribution in [0.5, 0.6) is 17.2 Å². The highest BCUT2D eigenvalue weighted by Gasteiger charge is 2.17. The fraction of sp³-hybridized carbons (Fsp3) is 0.222. The van der Waals surface area contributed by atoms with Crippen molar-refractivity contribution in [3.8, 4) is 17.2 Å². The molecular formula is C18H18N2O4. The zero-order valence-electron chi connectivity index (χ0n) is 13.5. The molecule has 0 fully saturated rings. The highest BCUT2D eigenvalue weighted by atomic mass is 16.7. The first-order valence-corrected chi connectivity index (χ1v) is 7.64. The van der Waals surface area contributed by atoms with Gasteiger partial charge in [-0.1, -0.05) is 17.7 Å². The maximum Gasteiger partial charge on any atom is 0.271 e. The number of hydrogen-bond acceptors (Lipinski definition) is 5. The number of ether oxygens (including phenoxy) is 3. The summed E-state index contributed by atoms with van der Waals surface area (Å²) in [4.78, 5) is 12.0. The number of hydrazone groups is 1. The molecule has 1 aliphatic rings. The van der Waals surface area contributed by atoms with E-state index in [1.54, 1.807) is 24.3 Å². The van der Waals surface area contributed by atoms with Crippen LogP contribution in [0.15, 0.2) is 41.5 Å². The summed E-state index contributed by atoms with van der Waals surface area (Å²) in [5.41, 5.74) is 4.85. The topological polar surface area (TPSA) is 69.2 Å². The molecule has 1 amide bonds. The maximum absolute atomic E-state index is 12.0. The zero-order chi connectivity index (χ0) is 16.9. The van der Waals surface area contributed by atoms with E-state index in [0.717, 1.165) is 5.56 Å². The van der Waals surface area contributed by atoms with E-state index in [4.69, 9.17) is 14.2 Å². The van der Waals surface area contributed by atoms with Crippen molar-refractivity contribution in [1.82, 2.24) is 5.43 Å². The van der Waals surface area contributed by atoms with Crippen LogP contribution in [0.25, 0.3) is 0 Å². The first-order valence-electron chi connectivity index (χ1n) is 7.64. The molecule has 6 nitrogen and oxygen atoms in total. The standard InChI is InChI=1S/C18H18N2O4/c1-3-22-15-9-17-16(23-11-24-17)8-14(15)10-19-20-18(21)13-6-4-12(2)5-7-13/h4-10H,3,11H2,1-2H3,(H,20,21)/b19-10+. The lowest BCUT2D eigenvalue weighted by molar-refractivity contribution is 0.0955. The van der Waals surface area contributed by atoms with Crippen molar-refractivity contribution < 1.29 is 19.0 Å². The number of fused-ring (bicyclic) bond motifs is 1. The van der Waals surface area contributed by atoms with Crippen molar-refractivity contribution in [1.29, 1.82) is 0 Å². The third-order valence-corrected chi connectivity index (χ3v) is 3.49. The Morgan fingerprint density at radius 2 is 1.96 bits per heavy atom. The van der Waals surface area contributed by atoms with E-state index in [1.165, 1.54) is 6.21 Å². The van der Waals surface area contributed by atoms with Crippen LogP contribution >= 0.6 is 0 Å². The summed E-state index contributed by atoms with van der Waals surface area (Å²) in [5.74, 6) is 1.61. The predicted molar refractivity (Wildman–Crippen MR) is 90.0 cm³/mol. The van der Waals surface area contributed by atoms with E-state index in [9.17, 15) is 4.79 Å². The Balaban J connectivity index is 1.74. The molecule has 1 aliphatic heterocycles. The summed E-state index contributed by atoms with van der Waals surface area (Å²) < 4.78 is 16.3. The van der Waals surface area contributed by atoms with Gasteiger partial charge in [0, 0.05) is 17.2 Å². The van der Waals surface area contributed by atoms with E-state index in [0.29, 0.717) is 35.0 Å². The number of nitrogens with zero attached hydrogens (tertiary/aromatic N) is 1. The monoisotopic (exact) mass is 326 g/mol. The van der Waals surface area contributed by atoms with E-state index in [1.807, 2.05) is 26.0 Å². The van der Waals surface area contributed by atoms with Crippen molar-refractivity contribution in [2.75, 3.05) is 13.4 Å². The van der Waals surface area contributed by atoms with Crippen LogP contribution in [0.1, 0.15) is 28.4 Å². The second-order valence-electron chi connectivity index (χ2n) is 5.24. The third-order valence-electron chi connectivity index (χ3n) is 3.49. The molecule has 0 aliphatic carbocycles. The van der Waals surface area contributed by atoms with Crippen molar-refractivity contribution in [2.45, 2.75) is 13.8 Å². The molecule has 0 unspecified atom stereocenters. The van der Waals surface area contributed by atoms with Gasteiger partial charge in [-0.2, -0.15) is 5.10 Å². The molecule has 0 spiro atoms. The van der Waals surface area contributed by atoms with Gasteiger partial charge in [-0.15, -0.1) is 0 Å². The Bertz CT molecular complexity index is 769. The molecule has 0 bridgehead atoms. The van der Waals surface area contributed by atoms with Gasteiger partial charge in [-0.3, -0.25) is 4.79 Å². The molecule has 6 heteroatoms. The van der Waals surface area contributed by atoms with E-state index < -0.39 is 0 Å². The Morgan fingerprint density at radius 1 is 1.25 bits per heavy atom. The lowest BCUT2D eigenvalue weighted by atomic mass is 10.1. The molecule has 0 aromatic heterocycles. The van der Waals surface area contributed by atoms with Gasteiger partial charge in [0.25, 0.3) is 5.91 Å². The highest BCUT2D eigenvalue weighted by molar-refractivity contribution is 5.95. The third kappa shape index (κ3) is 3.48. The summed E-state index contributed by atoms with van der Waals surface area (Å²) in [6, 6.07) is 10.8. The van der Waals surface area contributed by atoms with Gasteiger partial charge in [-0.25, -0.2) is 5.43 Å². The number of nitrogens with one attached hydrogen (secondary N) is 1. The number of aryl methyl sites for hydroxylation is 1. The van der Waals surface area contributed by atoms with Crippen LogP contribution in [0.3, 0.4) is 0 Å². The lowest BCUT2D eigenvalue weighted by Crippen LogP contribution is -2.17. The molecule has 0 radical (unpaired) electrons. The number of carbonyl (C=O) groups is 1. The second-order valence-corrected chi connectivity index (χ2v) is 5.24. The molecule has 2 aromatic rings. The fourth-order valence-corrected chi connectivity index (χ4v) is 2.25. The van der Waals surface area contributed by atoms with Crippen LogP contribution in [-0.2, 0) is 0 Å². The minimum Gasteiger partial charge on any atom is -0.493 e. The Kier molecular flexibility index (Phi) is 4.65. The van der Waals surface area contributed by atoms with Crippen LogP contribution < -0.4 is 19.6 Å². The predicted octanol–water partition coefficient (Wildman–Crippen LogP) is 2.89.